The molecule has 1 amide bonds. The third-order valence-corrected chi connectivity index (χ3v) is 5.27. The molecule has 1 saturated carbocycles. The molecule has 3 rings (SSSR count). The lowest BCUT2D eigenvalue weighted by molar-refractivity contribution is -0.201. The summed E-state index contributed by atoms with van der Waals surface area (Å²) in [5.41, 5.74) is -6.38. The number of hydrogen-bond donors (Lipinski definition) is 2. The molecule has 2 N–H and O–H groups in total. The molecule has 166 valence electrons. The standard InChI is InChI=1S/C18H20F6N4O2/c1-15(2,18(22,23)24)28-13-10(6-7-11(26-13)17(19,20)21)25-14(28)27-12(29)8-16(3,30)9-4-5-9/h6-7,9,30H,4-5,8H2,1-3H3,(H,25,27,29). The maximum absolute atomic E-state index is 13.7. The molecule has 1 aliphatic rings. The van der Waals surface area contributed by atoms with E-state index in [0.717, 1.165) is 32.8 Å². The van der Waals surface area contributed by atoms with Crippen molar-refractivity contribution in [1.29, 1.82) is 0 Å². The zero-order valence-electron chi connectivity index (χ0n) is 16.3. The summed E-state index contributed by atoms with van der Waals surface area (Å²) in [6.45, 7) is 2.93. The summed E-state index contributed by atoms with van der Waals surface area (Å²) < 4.78 is 80.7. The van der Waals surface area contributed by atoms with Crippen molar-refractivity contribution in [3.8, 4) is 0 Å². The number of fused-ring (bicyclic) bond motifs is 1. The van der Waals surface area contributed by atoms with Crippen LogP contribution in [0.5, 0.6) is 0 Å². The molecule has 0 spiro atoms. The van der Waals surface area contributed by atoms with E-state index in [-0.39, 0.29) is 11.4 Å². The number of hydrogen-bond acceptors (Lipinski definition) is 4. The van der Waals surface area contributed by atoms with Crippen molar-refractivity contribution >= 4 is 23.0 Å². The molecule has 1 atom stereocenters. The van der Waals surface area contributed by atoms with Crippen LogP contribution in [0.3, 0.4) is 0 Å². The van der Waals surface area contributed by atoms with Gasteiger partial charge in [0.05, 0.1) is 12.0 Å². The number of aromatic nitrogens is 3. The van der Waals surface area contributed by atoms with Gasteiger partial charge in [0.25, 0.3) is 0 Å². The predicted molar refractivity (Wildman–Crippen MR) is 94.5 cm³/mol. The van der Waals surface area contributed by atoms with Crippen molar-refractivity contribution in [2.75, 3.05) is 5.32 Å². The molecule has 0 aromatic carbocycles. The maximum Gasteiger partial charge on any atom is 0.433 e. The van der Waals surface area contributed by atoms with E-state index in [1.807, 2.05) is 0 Å². The fraction of sp³-hybridized carbons (Fsp3) is 0.611. The predicted octanol–water partition coefficient (Wildman–Crippen LogP) is 4.24. The molecule has 30 heavy (non-hydrogen) atoms. The topological polar surface area (TPSA) is 80.0 Å². The Morgan fingerprint density at radius 2 is 1.73 bits per heavy atom. The van der Waals surface area contributed by atoms with Crippen LogP contribution in [0.2, 0.25) is 0 Å². The van der Waals surface area contributed by atoms with Crippen LogP contribution in [-0.4, -0.2) is 37.3 Å². The summed E-state index contributed by atoms with van der Waals surface area (Å²) in [6, 6.07) is 1.49. The van der Waals surface area contributed by atoms with Crippen LogP contribution in [0.4, 0.5) is 32.3 Å². The second kappa shape index (κ2) is 6.82. The lowest BCUT2D eigenvalue weighted by Gasteiger charge is -2.31. The Morgan fingerprint density at radius 3 is 2.23 bits per heavy atom. The first-order valence-corrected chi connectivity index (χ1v) is 9.10. The number of imidazole rings is 1. The van der Waals surface area contributed by atoms with E-state index in [1.165, 1.54) is 6.92 Å². The number of nitrogens with zero attached hydrogens (tertiary/aromatic N) is 3. The number of pyridine rings is 1. The number of aliphatic hydroxyl groups is 1. The highest BCUT2D eigenvalue weighted by Crippen LogP contribution is 2.43. The number of anilines is 1. The second-order valence-corrected chi connectivity index (χ2v) is 8.22. The van der Waals surface area contributed by atoms with Crippen LogP contribution in [0.1, 0.15) is 45.7 Å². The van der Waals surface area contributed by atoms with Crippen LogP contribution < -0.4 is 5.32 Å². The average molecular weight is 438 g/mol. The Kier molecular flexibility index (Phi) is 5.08. The minimum absolute atomic E-state index is 0.0929. The molecule has 0 aliphatic heterocycles. The molecule has 2 heterocycles. The fourth-order valence-electron chi connectivity index (χ4n) is 3.20. The first-order chi connectivity index (χ1) is 13.5. The van der Waals surface area contributed by atoms with Gasteiger partial charge in [0.2, 0.25) is 11.9 Å². The van der Waals surface area contributed by atoms with Crippen LogP contribution in [0, 0.1) is 5.92 Å². The minimum atomic E-state index is -4.89. The van der Waals surface area contributed by atoms with E-state index in [0.29, 0.717) is 10.6 Å². The van der Waals surface area contributed by atoms with Gasteiger partial charge < -0.3 is 5.11 Å². The van der Waals surface area contributed by atoms with Gasteiger partial charge >= 0.3 is 12.4 Å². The largest absolute Gasteiger partial charge is 0.433 e. The Bertz CT molecular complexity index is 973. The summed E-state index contributed by atoms with van der Waals surface area (Å²) in [7, 11) is 0. The highest BCUT2D eigenvalue weighted by atomic mass is 19.4. The van der Waals surface area contributed by atoms with E-state index >= 15 is 0 Å². The quantitative estimate of drug-likeness (QED) is 0.685. The molecular formula is C18H20F6N4O2. The highest BCUT2D eigenvalue weighted by Gasteiger charge is 2.51. The third-order valence-electron chi connectivity index (χ3n) is 5.27. The molecule has 0 saturated heterocycles. The van der Waals surface area contributed by atoms with Crippen LogP contribution >= 0.6 is 0 Å². The summed E-state index contributed by atoms with van der Waals surface area (Å²) in [5.74, 6) is -1.50. The van der Waals surface area contributed by atoms with Gasteiger partial charge in [-0.25, -0.2) is 9.97 Å². The van der Waals surface area contributed by atoms with Crippen LogP contribution in [-0.2, 0) is 16.5 Å². The zero-order chi connectivity index (χ0) is 22.7. The maximum atomic E-state index is 13.7. The molecule has 12 heteroatoms. The Hall–Kier alpha value is -2.37. The van der Waals surface area contributed by atoms with Gasteiger partial charge in [0, 0.05) is 0 Å². The van der Waals surface area contributed by atoms with Crippen LogP contribution in [0.15, 0.2) is 12.1 Å². The highest BCUT2D eigenvalue weighted by molar-refractivity contribution is 5.91. The number of halogens is 6. The lowest BCUT2D eigenvalue weighted by atomic mass is 9.96. The van der Waals surface area contributed by atoms with Gasteiger partial charge in [0.1, 0.15) is 16.7 Å². The molecule has 2 aromatic rings. The van der Waals surface area contributed by atoms with Crippen LogP contribution in [0.25, 0.3) is 11.2 Å². The van der Waals surface area contributed by atoms with Crippen molar-refractivity contribution in [2.45, 2.75) is 63.5 Å². The minimum Gasteiger partial charge on any atom is -0.389 e. The van der Waals surface area contributed by atoms with Crippen molar-refractivity contribution in [1.82, 2.24) is 14.5 Å². The summed E-state index contributed by atoms with van der Waals surface area (Å²) in [5, 5.41) is 12.5. The Labute approximate surface area is 167 Å². The Morgan fingerprint density at radius 1 is 1.13 bits per heavy atom. The van der Waals surface area contributed by atoms with E-state index in [2.05, 4.69) is 15.3 Å². The molecule has 0 radical (unpaired) electrons. The summed E-state index contributed by atoms with van der Waals surface area (Å²) >= 11 is 0. The molecular weight excluding hydrogens is 418 g/mol. The first-order valence-electron chi connectivity index (χ1n) is 9.10. The normalized spacial score (nSPS) is 17.8. The molecule has 6 nitrogen and oxygen atoms in total. The number of carbonyl (C=O) groups is 1. The summed E-state index contributed by atoms with van der Waals surface area (Å²) in [4.78, 5) is 19.6. The van der Waals surface area contributed by atoms with Crippen molar-refractivity contribution in [2.24, 2.45) is 5.92 Å². The van der Waals surface area contributed by atoms with Gasteiger partial charge in [-0.1, -0.05) is 0 Å². The molecule has 1 aliphatic carbocycles. The smallest absolute Gasteiger partial charge is 0.389 e. The van der Waals surface area contributed by atoms with Gasteiger partial charge in [-0.2, -0.15) is 26.3 Å². The number of nitrogens with one attached hydrogen (secondary N) is 1. The van der Waals surface area contributed by atoms with Crippen molar-refractivity contribution in [3.63, 3.8) is 0 Å². The van der Waals surface area contributed by atoms with Crippen molar-refractivity contribution in [3.05, 3.63) is 17.8 Å². The lowest BCUT2D eigenvalue weighted by Crippen LogP contribution is -2.43. The SMILES string of the molecule is CC(O)(CC(=O)Nc1nc2ccc(C(F)(F)F)nc2n1C(C)(C)C(F)(F)F)C1CC1. The Balaban J connectivity index is 2.08. The van der Waals surface area contributed by atoms with Gasteiger partial charge in [0.15, 0.2) is 5.65 Å². The zero-order valence-corrected chi connectivity index (χ0v) is 16.3. The van der Waals surface area contributed by atoms with Gasteiger partial charge in [-0.15, -0.1) is 0 Å². The third kappa shape index (κ3) is 4.09. The monoisotopic (exact) mass is 438 g/mol. The number of carbonyl (C=O) groups excluding carboxylic acids is 1. The van der Waals surface area contributed by atoms with Crippen molar-refractivity contribution < 1.29 is 36.2 Å². The molecule has 0 bridgehead atoms. The van der Waals surface area contributed by atoms with Gasteiger partial charge in [-0.3, -0.25) is 14.7 Å². The number of rotatable bonds is 5. The number of alkyl halides is 6. The second-order valence-electron chi connectivity index (χ2n) is 8.22. The van der Waals surface area contributed by atoms with E-state index in [1.54, 1.807) is 0 Å². The van der Waals surface area contributed by atoms with E-state index in [9.17, 15) is 36.2 Å². The van der Waals surface area contributed by atoms with E-state index < -0.39 is 53.1 Å². The fourth-order valence-corrected chi connectivity index (χ4v) is 3.20. The molecule has 2 aromatic heterocycles. The van der Waals surface area contributed by atoms with Gasteiger partial charge in [-0.05, 0) is 51.7 Å². The summed E-state index contributed by atoms with van der Waals surface area (Å²) in [6.07, 6.45) is -8.71. The molecule has 1 unspecified atom stereocenters. The number of amides is 1. The van der Waals surface area contributed by atoms with E-state index in [4.69, 9.17) is 0 Å². The molecule has 1 fully saturated rings. The average Bonchev–Trinajstić information content (AvgIpc) is 3.34. The first kappa shape index (κ1) is 22.3.